The van der Waals surface area contributed by atoms with E-state index in [9.17, 15) is 24.2 Å². The Morgan fingerprint density at radius 1 is 1.30 bits per heavy atom. The van der Waals surface area contributed by atoms with Gasteiger partial charge >= 0.3 is 5.97 Å². The fraction of sp³-hybridized carbons (Fsp3) is 0.304. The number of Topliss-reactive ketones (excluding diaryl/α,β-unsaturated/α-hetero) is 1. The lowest BCUT2D eigenvalue weighted by molar-refractivity contribution is -0.144. The maximum atomic E-state index is 13.2. The number of likely N-dealkylation sites (tertiary alicyclic amines) is 1. The van der Waals surface area contributed by atoms with Crippen molar-refractivity contribution in [3.05, 3.63) is 64.2 Å². The Balaban J connectivity index is 1.70. The number of phenols is 1. The molecule has 30 heavy (non-hydrogen) atoms. The lowest BCUT2D eigenvalue weighted by Crippen LogP contribution is -2.44. The molecular formula is C23H22FNO5. The number of allylic oxidation sites excluding steroid dienone is 1. The number of ether oxygens (including phenoxy) is 1. The van der Waals surface area contributed by atoms with E-state index in [-0.39, 0.29) is 35.4 Å². The summed E-state index contributed by atoms with van der Waals surface area (Å²) < 4.78 is 19.0. The highest BCUT2D eigenvalue weighted by molar-refractivity contribution is 6.15. The number of hydrogen-bond acceptors (Lipinski definition) is 5. The topological polar surface area (TPSA) is 87.1 Å². The number of piperidine rings is 1. The normalized spacial score (nSPS) is 20.3. The standard InChI is InChI=1S/C23H22FNO5/c1-13-10-18(26)16(12-25-9-3-2-4-17(25)23(28)29)22-20(13)21(27)19(30-22)11-14-5-7-15(24)8-6-14/h5-8,10-11,17,26H,2-4,9,12H2,1H3,(H,28,29)/b19-11-/t17-/m1/s1. The highest BCUT2D eigenvalue weighted by Crippen LogP contribution is 2.42. The van der Waals surface area contributed by atoms with Gasteiger partial charge in [-0.3, -0.25) is 14.5 Å². The van der Waals surface area contributed by atoms with Crippen molar-refractivity contribution in [2.75, 3.05) is 6.54 Å². The van der Waals surface area contributed by atoms with Gasteiger partial charge in [-0.05, 0) is 61.7 Å². The number of halogens is 1. The molecule has 2 aromatic rings. The number of aliphatic carboxylic acids is 1. The number of benzene rings is 2. The monoisotopic (exact) mass is 411 g/mol. The Labute approximate surface area is 173 Å². The molecule has 2 heterocycles. The molecule has 2 aromatic carbocycles. The van der Waals surface area contributed by atoms with E-state index in [1.165, 1.54) is 24.3 Å². The van der Waals surface area contributed by atoms with Gasteiger partial charge in [-0.15, -0.1) is 0 Å². The molecule has 1 atom stereocenters. The van der Waals surface area contributed by atoms with E-state index in [0.29, 0.717) is 35.2 Å². The highest BCUT2D eigenvalue weighted by atomic mass is 19.1. The molecule has 0 saturated carbocycles. The van der Waals surface area contributed by atoms with Crippen molar-refractivity contribution in [2.45, 2.75) is 38.8 Å². The number of carbonyl (C=O) groups is 2. The molecule has 156 valence electrons. The van der Waals surface area contributed by atoms with Crippen molar-refractivity contribution < 1.29 is 28.9 Å². The molecule has 2 aliphatic rings. The minimum absolute atomic E-state index is 0.0307. The van der Waals surface area contributed by atoms with Crippen molar-refractivity contribution in [1.82, 2.24) is 4.90 Å². The third kappa shape index (κ3) is 3.68. The second-order valence-corrected chi connectivity index (χ2v) is 7.71. The summed E-state index contributed by atoms with van der Waals surface area (Å²) in [6.45, 7) is 2.47. The molecule has 0 spiro atoms. The van der Waals surface area contributed by atoms with Crippen LogP contribution in [0, 0.1) is 12.7 Å². The van der Waals surface area contributed by atoms with Gasteiger partial charge in [-0.2, -0.15) is 0 Å². The first-order valence-electron chi connectivity index (χ1n) is 9.87. The average Bonchev–Trinajstić information content (AvgIpc) is 3.03. The first-order chi connectivity index (χ1) is 14.3. The van der Waals surface area contributed by atoms with E-state index < -0.39 is 12.0 Å². The van der Waals surface area contributed by atoms with Crippen LogP contribution in [0.3, 0.4) is 0 Å². The fourth-order valence-electron chi connectivity index (χ4n) is 4.11. The number of rotatable bonds is 4. The zero-order chi connectivity index (χ0) is 21.4. The second kappa shape index (κ2) is 7.91. The van der Waals surface area contributed by atoms with E-state index in [4.69, 9.17) is 4.74 Å². The Morgan fingerprint density at radius 3 is 2.73 bits per heavy atom. The average molecular weight is 411 g/mol. The summed E-state index contributed by atoms with van der Waals surface area (Å²) in [7, 11) is 0. The van der Waals surface area contributed by atoms with Crippen molar-refractivity contribution >= 4 is 17.8 Å². The SMILES string of the molecule is Cc1cc(O)c(CN2CCCC[C@@H]2C(=O)O)c2c1C(=O)/C(=C/c1ccc(F)cc1)O2. The van der Waals surface area contributed by atoms with Crippen LogP contribution in [-0.4, -0.2) is 39.5 Å². The summed E-state index contributed by atoms with van der Waals surface area (Å²) in [4.78, 5) is 26.4. The Morgan fingerprint density at radius 2 is 2.03 bits per heavy atom. The van der Waals surface area contributed by atoms with Crippen LogP contribution in [0.2, 0.25) is 0 Å². The molecule has 4 rings (SSSR count). The molecular weight excluding hydrogens is 389 g/mol. The van der Waals surface area contributed by atoms with Crippen molar-refractivity contribution in [3.8, 4) is 11.5 Å². The predicted octanol–water partition coefficient (Wildman–Crippen LogP) is 3.90. The molecule has 0 unspecified atom stereocenters. The molecule has 1 fully saturated rings. The molecule has 0 aliphatic carbocycles. The quantitative estimate of drug-likeness (QED) is 0.743. The van der Waals surface area contributed by atoms with Gasteiger partial charge in [0.05, 0.1) is 11.1 Å². The largest absolute Gasteiger partial charge is 0.507 e. The van der Waals surface area contributed by atoms with Gasteiger partial charge in [0.25, 0.3) is 0 Å². The van der Waals surface area contributed by atoms with Gasteiger partial charge < -0.3 is 14.9 Å². The van der Waals surface area contributed by atoms with Crippen LogP contribution in [-0.2, 0) is 11.3 Å². The summed E-state index contributed by atoms with van der Waals surface area (Å²) >= 11 is 0. The summed E-state index contributed by atoms with van der Waals surface area (Å²) in [5.41, 5.74) is 1.95. The number of carboxylic acids is 1. The summed E-state index contributed by atoms with van der Waals surface area (Å²) in [6.07, 6.45) is 3.78. The molecule has 6 nitrogen and oxygen atoms in total. The molecule has 0 amide bonds. The van der Waals surface area contributed by atoms with Gasteiger partial charge in [0.1, 0.15) is 23.4 Å². The number of aromatic hydroxyl groups is 1. The fourth-order valence-corrected chi connectivity index (χ4v) is 4.11. The highest BCUT2D eigenvalue weighted by Gasteiger charge is 2.36. The minimum Gasteiger partial charge on any atom is -0.507 e. The van der Waals surface area contributed by atoms with Crippen LogP contribution in [0.5, 0.6) is 11.5 Å². The van der Waals surface area contributed by atoms with E-state index in [1.54, 1.807) is 24.0 Å². The van der Waals surface area contributed by atoms with E-state index in [1.807, 2.05) is 0 Å². The van der Waals surface area contributed by atoms with Gasteiger partial charge in [0.2, 0.25) is 5.78 Å². The van der Waals surface area contributed by atoms with Gasteiger partial charge in [-0.25, -0.2) is 4.39 Å². The number of carboxylic acid groups (broad SMARTS) is 1. The molecule has 2 aliphatic heterocycles. The summed E-state index contributed by atoms with van der Waals surface area (Å²) in [5, 5.41) is 20.1. The number of phenolic OH excluding ortho intramolecular Hbond substituents is 1. The Kier molecular flexibility index (Phi) is 5.30. The van der Waals surface area contributed by atoms with Crippen LogP contribution in [0.4, 0.5) is 4.39 Å². The molecule has 7 heteroatoms. The number of aryl methyl sites for hydroxylation is 1. The third-order valence-corrected chi connectivity index (χ3v) is 5.65. The maximum Gasteiger partial charge on any atom is 0.320 e. The van der Waals surface area contributed by atoms with Crippen molar-refractivity contribution in [2.24, 2.45) is 0 Å². The van der Waals surface area contributed by atoms with E-state index >= 15 is 0 Å². The van der Waals surface area contributed by atoms with Crippen LogP contribution in [0.15, 0.2) is 36.1 Å². The van der Waals surface area contributed by atoms with E-state index in [0.717, 1.165) is 12.8 Å². The third-order valence-electron chi connectivity index (χ3n) is 5.65. The molecule has 1 saturated heterocycles. The van der Waals surface area contributed by atoms with Crippen LogP contribution in [0.1, 0.15) is 46.3 Å². The minimum atomic E-state index is -0.896. The van der Waals surface area contributed by atoms with Crippen molar-refractivity contribution in [3.63, 3.8) is 0 Å². The zero-order valence-corrected chi connectivity index (χ0v) is 16.5. The van der Waals surface area contributed by atoms with Crippen LogP contribution < -0.4 is 4.74 Å². The summed E-state index contributed by atoms with van der Waals surface area (Å²) in [6, 6.07) is 6.54. The zero-order valence-electron chi connectivity index (χ0n) is 16.5. The number of ketones is 1. The van der Waals surface area contributed by atoms with E-state index in [2.05, 4.69) is 0 Å². The smallest absolute Gasteiger partial charge is 0.320 e. The van der Waals surface area contributed by atoms with Gasteiger partial charge in [0.15, 0.2) is 5.76 Å². The van der Waals surface area contributed by atoms with Crippen LogP contribution >= 0.6 is 0 Å². The molecule has 0 radical (unpaired) electrons. The molecule has 0 bridgehead atoms. The van der Waals surface area contributed by atoms with Crippen molar-refractivity contribution in [1.29, 1.82) is 0 Å². The first kappa shape index (κ1) is 20.1. The molecule has 0 aromatic heterocycles. The number of fused-ring (bicyclic) bond motifs is 1. The number of nitrogens with zero attached hydrogens (tertiary/aromatic N) is 1. The number of carbonyl (C=O) groups excluding carboxylic acids is 1. The Hall–Kier alpha value is -3.19. The maximum absolute atomic E-state index is 13.2. The second-order valence-electron chi connectivity index (χ2n) is 7.71. The lowest BCUT2D eigenvalue weighted by Gasteiger charge is -2.33. The lowest BCUT2D eigenvalue weighted by atomic mass is 9.97. The summed E-state index contributed by atoms with van der Waals surface area (Å²) in [5.74, 6) is -1.28. The van der Waals surface area contributed by atoms with Crippen LogP contribution in [0.25, 0.3) is 6.08 Å². The number of hydrogen-bond donors (Lipinski definition) is 2. The molecule has 2 N–H and O–H groups in total. The Bertz CT molecular complexity index is 1040. The first-order valence-corrected chi connectivity index (χ1v) is 9.87. The predicted molar refractivity (Wildman–Crippen MR) is 108 cm³/mol. The van der Waals surface area contributed by atoms with Gasteiger partial charge in [0, 0.05) is 6.54 Å². The van der Waals surface area contributed by atoms with Gasteiger partial charge in [-0.1, -0.05) is 18.6 Å².